The summed E-state index contributed by atoms with van der Waals surface area (Å²) in [7, 11) is 0. The van der Waals surface area contributed by atoms with E-state index in [2.05, 4.69) is 53.7 Å². The molecular formula is C21H27N3OS. The summed E-state index contributed by atoms with van der Waals surface area (Å²) in [6, 6.07) is 10.5. The third kappa shape index (κ3) is 4.05. The van der Waals surface area contributed by atoms with Crippen LogP contribution in [0.25, 0.3) is 0 Å². The number of anilines is 1. The predicted molar refractivity (Wildman–Crippen MR) is 111 cm³/mol. The van der Waals surface area contributed by atoms with Gasteiger partial charge in [0.15, 0.2) is 0 Å². The Bertz CT molecular complexity index is 690. The number of nitrogens with one attached hydrogen (secondary N) is 1. The fourth-order valence-corrected chi connectivity index (χ4v) is 4.00. The lowest BCUT2D eigenvalue weighted by atomic mass is 9.86. The molecule has 0 unspecified atom stereocenters. The molecule has 1 aromatic rings. The Morgan fingerprint density at radius 3 is 2.69 bits per heavy atom. The Morgan fingerprint density at radius 1 is 1.27 bits per heavy atom. The second-order valence-electron chi connectivity index (χ2n) is 6.87. The number of hydrogen-bond acceptors (Lipinski definition) is 4. The van der Waals surface area contributed by atoms with Crippen LogP contribution in [-0.4, -0.2) is 42.6 Å². The zero-order valence-electron chi connectivity index (χ0n) is 15.1. The second kappa shape index (κ2) is 8.60. The van der Waals surface area contributed by atoms with Crippen molar-refractivity contribution in [2.75, 3.05) is 31.2 Å². The van der Waals surface area contributed by atoms with E-state index in [-0.39, 0.29) is 11.4 Å². The minimum atomic E-state index is 0.0173. The first-order chi connectivity index (χ1) is 12.7. The molecule has 1 amide bonds. The van der Waals surface area contributed by atoms with E-state index in [9.17, 15) is 4.79 Å². The van der Waals surface area contributed by atoms with Crippen molar-refractivity contribution in [1.29, 1.82) is 0 Å². The van der Waals surface area contributed by atoms with Crippen molar-refractivity contribution in [3.8, 4) is 0 Å². The first kappa shape index (κ1) is 18.8. The number of nitrogens with zero attached hydrogens (tertiary/aromatic N) is 2. The molecule has 5 heteroatoms. The highest BCUT2D eigenvalue weighted by molar-refractivity contribution is 7.85. The van der Waals surface area contributed by atoms with E-state index in [4.69, 9.17) is 0 Å². The topological polar surface area (TPSA) is 35.6 Å². The standard InChI is InChI=1S/C21H27N3OS/c1-2-3-4-8-11-19(26)20(25)23-14-12-21(13-15-23)16-22-17-24(21)18-9-6-5-7-10-18/h2,4-11,22,26H,1,3,12-17H2/b8-4+,19-11-. The SMILES string of the molecule is C=CC/C=C/C=C(\S)C(=O)N1CCC2(CC1)CNCN2c1ccccc1. The third-order valence-corrected chi connectivity index (χ3v) is 5.60. The summed E-state index contributed by atoms with van der Waals surface area (Å²) in [5.74, 6) is 0.0173. The molecular weight excluding hydrogens is 342 g/mol. The summed E-state index contributed by atoms with van der Waals surface area (Å²) in [6.07, 6.45) is 10.1. The minimum absolute atomic E-state index is 0.0173. The molecule has 2 aliphatic rings. The summed E-state index contributed by atoms with van der Waals surface area (Å²) in [5, 5.41) is 3.52. The molecule has 0 bridgehead atoms. The van der Waals surface area contributed by atoms with E-state index < -0.39 is 0 Å². The van der Waals surface area contributed by atoms with Crippen molar-refractivity contribution in [1.82, 2.24) is 10.2 Å². The van der Waals surface area contributed by atoms with Gasteiger partial charge in [-0.25, -0.2) is 0 Å². The highest BCUT2D eigenvalue weighted by atomic mass is 32.1. The molecule has 1 spiro atoms. The molecule has 1 N–H and O–H groups in total. The fourth-order valence-electron chi connectivity index (χ4n) is 3.78. The Morgan fingerprint density at radius 2 is 2.00 bits per heavy atom. The summed E-state index contributed by atoms with van der Waals surface area (Å²) < 4.78 is 0. The first-order valence-electron chi connectivity index (χ1n) is 9.16. The van der Waals surface area contributed by atoms with Gasteiger partial charge in [-0.15, -0.1) is 19.2 Å². The van der Waals surface area contributed by atoms with Crippen molar-refractivity contribution < 1.29 is 4.79 Å². The second-order valence-corrected chi connectivity index (χ2v) is 7.35. The number of allylic oxidation sites excluding steroid dienone is 4. The van der Waals surface area contributed by atoms with Gasteiger partial charge in [-0.3, -0.25) is 10.1 Å². The molecule has 4 nitrogen and oxygen atoms in total. The van der Waals surface area contributed by atoms with Gasteiger partial charge in [0.2, 0.25) is 0 Å². The quantitative estimate of drug-likeness (QED) is 0.362. The molecule has 0 aliphatic carbocycles. The van der Waals surface area contributed by atoms with Crippen LogP contribution < -0.4 is 10.2 Å². The van der Waals surface area contributed by atoms with Crippen molar-refractivity contribution >= 4 is 24.2 Å². The number of piperidine rings is 1. The van der Waals surface area contributed by atoms with Crippen molar-refractivity contribution in [3.63, 3.8) is 0 Å². The van der Waals surface area contributed by atoms with Gasteiger partial charge >= 0.3 is 0 Å². The Labute approximate surface area is 161 Å². The van der Waals surface area contributed by atoms with Gasteiger partial charge in [-0.05, 0) is 37.5 Å². The van der Waals surface area contributed by atoms with E-state index in [1.807, 2.05) is 29.2 Å². The van der Waals surface area contributed by atoms with E-state index in [1.165, 1.54) is 5.69 Å². The van der Waals surface area contributed by atoms with Gasteiger partial charge in [0.1, 0.15) is 0 Å². The minimum Gasteiger partial charge on any atom is -0.352 e. The number of para-hydroxylation sites is 1. The van der Waals surface area contributed by atoms with E-state index in [0.717, 1.165) is 45.6 Å². The molecule has 0 saturated carbocycles. The largest absolute Gasteiger partial charge is 0.352 e. The Hall–Kier alpha value is -1.98. The van der Waals surface area contributed by atoms with E-state index >= 15 is 0 Å². The van der Waals surface area contributed by atoms with Crippen LogP contribution >= 0.6 is 12.6 Å². The number of amides is 1. The smallest absolute Gasteiger partial charge is 0.260 e. The number of benzene rings is 1. The van der Waals surface area contributed by atoms with Crippen LogP contribution in [0, 0.1) is 0 Å². The molecule has 2 aliphatic heterocycles. The zero-order chi connectivity index (χ0) is 18.4. The van der Waals surface area contributed by atoms with E-state index in [0.29, 0.717) is 4.91 Å². The van der Waals surface area contributed by atoms with Crippen LogP contribution in [0.3, 0.4) is 0 Å². The normalized spacial score (nSPS) is 20.1. The Balaban J connectivity index is 1.63. The van der Waals surface area contributed by atoms with Gasteiger partial charge in [0.05, 0.1) is 17.1 Å². The van der Waals surface area contributed by atoms with Gasteiger partial charge in [0.25, 0.3) is 5.91 Å². The molecule has 2 fully saturated rings. The molecule has 0 atom stereocenters. The molecule has 1 aromatic carbocycles. The zero-order valence-corrected chi connectivity index (χ0v) is 16.0. The maximum atomic E-state index is 12.6. The molecule has 3 rings (SSSR count). The number of likely N-dealkylation sites (tertiary alicyclic amines) is 1. The summed E-state index contributed by atoms with van der Waals surface area (Å²) >= 11 is 4.38. The molecule has 0 radical (unpaired) electrons. The van der Waals surface area contributed by atoms with Gasteiger partial charge in [0, 0.05) is 25.3 Å². The molecule has 0 aromatic heterocycles. The van der Waals surface area contributed by atoms with Crippen LogP contribution in [0.5, 0.6) is 0 Å². The average molecular weight is 370 g/mol. The van der Waals surface area contributed by atoms with Crippen LogP contribution in [-0.2, 0) is 4.79 Å². The molecule has 26 heavy (non-hydrogen) atoms. The molecule has 2 saturated heterocycles. The highest BCUT2D eigenvalue weighted by Gasteiger charge is 2.44. The highest BCUT2D eigenvalue weighted by Crippen LogP contribution is 2.35. The van der Waals surface area contributed by atoms with Crippen LogP contribution in [0.15, 0.2) is 66.1 Å². The molecule has 138 valence electrons. The van der Waals surface area contributed by atoms with E-state index in [1.54, 1.807) is 6.08 Å². The summed E-state index contributed by atoms with van der Waals surface area (Å²) in [5.41, 5.74) is 1.35. The number of carbonyl (C=O) groups excluding carboxylic acids is 1. The average Bonchev–Trinajstić information content (AvgIpc) is 3.09. The maximum Gasteiger partial charge on any atom is 0.260 e. The van der Waals surface area contributed by atoms with Crippen LogP contribution in [0.2, 0.25) is 0 Å². The Kier molecular flexibility index (Phi) is 6.22. The number of carbonyl (C=O) groups is 1. The number of hydrogen-bond donors (Lipinski definition) is 2. The van der Waals surface area contributed by atoms with Crippen LogP contribution in [0.4, 0.5) is 5.69 Å². The van der Waals surface area contributed by atoms with Gasteiger partial charge in [-0.1, -0.05) is 36.4 Å². The fraction of sp³-hybridized carbons (Fsp3) is 0.381. The van der Waals surface area contributed by atoms with Crippen molar-refractivity contribution in [2.24, 2.45) is 0 Å². The van der Waals surface area contributed by atoms with Crippen LogP contribution in [0.1, 0.15) is 19.3 Å². The number of thiol groups is 1. The van der Waals surface area contributed by atoms with Crippen molar-refractivity contribution in [2.45, 2.75) is 24.8 Å². The lowest BCUT2D eigenvalue weighted by Crippen LogP contribution is -2.55. The molecule has 2 heterocycles. The predicted octanol–water partition coefficient (Wildman–Crippen LogP) is 3.36. The maximum absolute atomic E-state index is 12.6. The number of rotatable bonds is 5. The monoisotopic (exact) mass is 369 g/mol. The van der Waals surface area contributed by atoms with Gasteiger partial charge in [-0.2, -0.15) is 0 Å². The first-order valence-corrected chi connectivity index (χ1v) is 9.60. The summed E-state index contributed by atoms with van der Waals surface area (Å²) in [4.78, 5) is 17.5. The third-order valence-electron chi connectivity index (χ3n) is 5.26. The van der Waals surface area contributed by atoms with Gasteiger partial charge < -0.3 is 9.80 Å². The van der Waals surface area contributed by atoms with Crippen molar-refractivity contribution in [3.05, 3.63) is 66.1 Å². The lowest BCUT2D eigenvalue weighted by molar-refractivity contribution is -0.127. The summed E-state index contributed by atoms with van der Waals surface area (Å²) in [6.45, 7) is 7.03. The lowest BCUT2D eigenvalue weighted by Gasteiger charge is -2.45.